The summed E-state index contributed by atoms with van der Waals surface area (Å²) in [6.07, 6.45) is 7.70. The molecule has 2 saturated carbocycles. The maximum atomic E-state index is 12.4. The van der Waals surface area contributed by atoms with Gasteiger partial charge >= 0.3 is 0 Å². The van der Waals surface area contributed by atoms with E-state index < -0.39 is 0 Å². The fraction of sp³-hybridized carbons (Fsp3) is 0.714. The second kappa shape index (κ2) is 3.21. The third-order valence-electron chi connectivity index (χ3n) is 5.13. The summed E-state index contributed by atoms with van der Waals surface area (Å²) in [5.74, 6) is 0.976. The van der Waals surface area contributed by atoms with Gasteiger partial charge in [0.2, 0.25) is 0 Å². The molecular formula is C14H17NO2. The Kier molecular flexibility index (Phi) is 1.86. The molecule has 0 aromatic carbocycles. The molecule has 0 N–H and O–H groups in total. The SMILES string of the molecule is O=C1C2=C(C(=O)N1C1CCCC1)C1CCC2C1. The van der Waals surface area contributed by atoms with Gasteiger partial charge in [-0.25, -0.2) is 0 Å². The third kappa shape index (κ3) is 1.12. The molecule has 3 nitrogen and oxygen atoms in total. The Morgan fingerprint density at radius 3 is 1.88 bits per heavy atom. The maximum absolute atomic E-state index is 12.4. The summed E-state index contributed by atoms with van der Waals surface area (Å²) in [5, 5.41) is 0. The van der Waals surface area contributed by atoms with Crippen LogP contribution in [0.3, 0.4) is 0 Å². The van der Waals surface area contributed by atoms with E-state index in [1.54, 1.807) is 4.90 Å². The quantitative estimate of drug-likeness (QED) is 0.647. The first-order valence-corrected chi connectivity index (χ1v) is 6.89. The molecule has 1 heterocycles. The zero-order valence-corrected chi connectivity index (χ0v) is 9.95. The van der Waals surface area contributed by atoms with Crippen LogP contribution in [-0.4, -0.2) is 22.8 Å². The lowest BCUT2D eigenvalue weighted by Crippen LogP contribution is -2.40. The van der Waals surface area contributed by atoms with Gasteiger partial charge in [-0.2, -0.15) is 0 Å². The number of hydrogen-bond acceptors (Lipinski definition) is 2. The molecule has 0 radical (unpaired) electrons. The molecule has 2 fully saturated rings. The van der Waals surface area contributed by atoms with Crippen LogP contribution >= 0.6 is 0 Å². The van der Waals surface area contributed by atoms with Crippen LogP contribution in [-0.2, 0) is 9.59 Å². The van der Waals surface area contributed by atoms with Gasteiger partial charge in [0.1, 0.15) is 0 Å². The first kappa shape index (κ1) is 9.86. The van der Waals surface area contributed by atoms with Crippen molar-refractivity contribution in [2.75, 3.05) is 0 Å². The maximum Gasteiger partial charge on any atom is 0.257 e. The highest BCUT2D eigenvalue weighted by Gasteiger charge is 2.53. The number of hydrogen-bond donors (Lipinski definition) is 0. The molecule has 3 aliphatic carbocycles. The molecule has 2 amide bonds. The predicted octanol–water partition coefficient (Wildman–Crippen LogP) is 2.02. The molecule has 0 aromatic rings. The minimum absolute atomic E-state index is 0.0732. The summed E-state index contributed by atoms with van der Waals surface area (Å²) in [5.41, 5.74) is 1.83. The van der Waals surface area contributed by atoms with Crippen molar-refractivity contribution >= 4 is 11.8 Å². The van der Waals surface area contributed by atoms with Crippen LogP contribution in [0.1, 0.15) is 44.9 Å². The average Bonchev–Trinajstić information content (AvgIpc) is 3.03. The third-order valence-corrected chi connectivity index (χ3v) is 5.13. The van der Waals surface area contributed by atoms with Crippen LogP contribution in [0.2, 0.25) is 0 Å². The van der Waals surface area contributed by atoms with Gasteiger partial charge < -0.3 is 0 Å². The molecule has 0 saturated heterocycles. The molecule has 17 heavy (non-hydrogen) atoms. The van der Waals surface area contributed by atoms with E-state index >= 15 is 0 Å². The minimum atomic E-state index is 0.0732. The zero-order valence-electron chi connectivity index (χ0n) is 9.95. The second-order valence-electron chi connectivity index (χ2n) is 5.95. The summed E-state index contributed by atoms with van der Waals surface area (Å²) in [7, 11) is 0. The number of imide groups is 1. The summed E-state index contributed by atoms with van der Waals surface area (Å²) >= 11 is 0. The Hall–Kier alpha value is -1.12. The van der Waals surface area contributed by atoms with Gasteiger partial charge in [0.15, 0.2) is 0 Å². The molecule has 0 spiro atoms. The Labute approximate surface area is 101 Å². The summed E-state index contributed by atoms with van der Waals surface area (Å²) in [4.78, 5) is 26.5. The van der Waals surface area contributed by atoms with Gasteiger partial charge in [-0.05, 0) is 43.9 Å². The van der Waals surface area contributed by atoms with Crippen LogP contribution in [0.5, 0.6) is 0 Å². The van der Waals surface area contributed by atoms with E-state index in [4.69, 9.17) is 0 Å². The van der Waals surface area contributed by atoms with Gasteiger partial charge in [-0.1, -0.05) is 12.8 Å². The normalized spacial score (nSPS) is 36.6. The highest BCUT2D eigenvalue weighted by molar-refractivity contribution is 6.20. The van der Waals surface area contributed by atoms with Gasteiger partial charge in [0.05, 0.1) is 0 Å². The fourth-order valence-corrected chi connectivity index (χ4v) is 4.37. The summed E-state index contributed by atoms with van der Waals surface area (Å²) in [6, 6.07) is 0.208. The molecular weight excluding hydrogens is 214 g/mol. The highest BCUT2D eigenvalue weighted by Crippen LogP contribution is 2.52. The van der Waals surface area contributed by atoms with Gasteiger partial charge in [-0.3, -0.25) is 14.5 Å². The van der Waals surface area contributed by atoms with E-state index in [9.17, 15) is 9.59 Å². The number of amides is 2. The topological polar surface area (TPSA) is 37.4 Å². The van der Waals surface area contributed by atoms with Crippen LogP contribution in [0, 0.1) is 11.8 Å². The Bertz CT molecular complexity index is 413. The highest BCUT2D eigenvalue weighted by atomic mass is 16.2. The molecule has 0 aromatic heterocycles. The average molecular weight is 231 g/mol. The van der Waals surface area contributed by atoms with Crippen molar-refractivity contribution < 1.29 is 9.59 Å². The lowest BCUT2D eigenvalue weighted by Gasteiger charge is -2.24. The van der Waals surface area contributed by atoms with Crippen LogP contribution < -0.4 is 0 Å². The summed E-state index contributed by atoms with van der Waals surface area (Å²) in [6.45, 7) is 0. The first-order chi connectivity index (χ1) is 8.27. The van der Waals surface area contributed by atoms with Crippen molar-refractivity contribution in [3.8, 4) is 0 Å². The molecule has 3 heteroatoms. The van der Waals surface area contributed by atoms with Gasteiger partial charge in [0, 0.05) is 17.2 Å². The Balaban J connectivity index is 1.71. The minimum Gasteiger partial charge on any atom is -0.272 e. The smallest absolute Gasteiger partial charge is 0.257 e. The monoisotopic (exact) mass is 231 g/mol. The second-order valence-corrected chi connectivity index (χ2v) is 5.95. The van der Waals surface area contributed by atoms with Crippen molar-refractivity contribution in [2.45, 2.75) is 51.0 Å². The number of fused-ring (bicyclic) bond motifs is 4. The standard InChI is InChI=1S/C14H17NO2/c16-13-11-8-5-6-9(7-8)12(11)14(17)15(13)10-3-1-2-4-10/h8-10H,1-7H2. The van der Waals surface area contributed by atoms with Crippen LogP contribution in [0.4, 0.5) is 0 Å². The number of carbonyl (C=O) groups excluding carboxylic acids is 2. The van der Waals surface area contributed by atoms with Crippen molar-refractivity contribution in [2.24, 2.45) is 11.8 Å². The van der Waals surface area contributed by atoms with E-state index in [1.165, 1.54) is 12.8 Å². The van der Waals surface area contributed by atoms with Crippen molar-refractivity contribution in [1.29, 1.82) is 0 Å². The number of rotatable bonds is 1. The molecule has 1 aliphatic heterocycles. The van der Waals surface area contributed by atoms with Gasteiger partial charge in [-0.15, -0.1) is 0 Å². The lowest BCUT2D eigenvalue weighted by atomic mass is 9.93. The zero-order chi connectivity index (χ0) is 11.6. The molecule has 2 atom stereocenters. The first-order valence-electron chi connectivity index (χ1n) is 6.89. The fourth-order valence-electron chi connectivity index (χ4n) is 4.37. The van der Waals surface area contributed by atoms with Gasteiger partial charge in [0.25, 0.3) is 11.8 Å². The lowest BCUT2D eigenvalue weighted by molar-refractivity contribution is -0.140. The van der Waals surface area contributed by atoms with Crippen LogP contribution in [0.15, 0.2) is 11.1 Å². The Morgan fingerprint density at radius 1 is 0.824 bits per heavy atom. The number of nitrogens with zero attached hydrogens (tertiary/aromatic N) is 1. The Morgan fingerprint density at radius 2 is 1.35 bits per heavy atom. The number of likely N-dealkylation sites (tertiary alicyclic amines) is 1. The van der Waals surface area contributed by atoms with E-state index in [0.29, 0.717) is 11.8 Å². The van der Waals surface area contributed by atoms with Crippen LogP contribution in [0.25, 0.3) is 0 Å². The number of carbonyl (C=O) groups is 2. The predicted molar refractivity (Wildman–Crippen MR) is 62.0 cm³/mol. The molecule has 2 unspecified atom stereocenters. The molecule has 90 valence electrons. The van der Waals surface area contributed by atoms with E-state index in [2.05, 4.69) is 0 Å². The van der Waals surface area contributed by atoms with Crippen molar-refractivity contribution in [3.63, 3.8) is 0 Å². The molecule has 4 aliphatic rings. The molecule has 4 rings (SSSR count). The summed E-state index contributed by atoms with van der Waals surface area (Å²) < 4.78 is 0. The van der Waals surface area contributed by atoms with Crippen molar-refractivity contribution in [1.82, 2.24) is 4.90 Å². The largest absolute Gasteiger partial charge is 0.272 e. The van der Waals surface area contributed by atoms with Crippen molar-refractivity contribution in [3.05, 3.63) is 11.1 Å². The van der Waals surface area contributed by atoms with E-state index in [1.807, 2.05) is 0 Å². The van der Waals surface area contributed by atoms with E-state index in [0.717, 1.165) is 43.3 Å². The molecule has 2 bridgehead atoms. The van der Waals surface area contributed by atoms with E-state index in [-0.39, 0.29) is 17.9 Å².